The molecule has 0 fully saturated rings. The van der Waals surface area contributed by atoms with Crippen LogP contribution in [0.1, 0.15) is 46.8 Å². The minimum Gasteiger partial charge on any atom is -0.491 e. The van der Waals surface area contributed by atoms with Gasteiger partial charge in [0.1, 0.15) is 35.4 Å². The van der Waals surface area contributed by atoms with Crippen molar-refractivity contribution < 1.29 is 23.6 Å². The highest BCUT2D eigenvalue weighted by Gasteiger charge is 2.31. The van der Waals surface area contributed by atoms with Crippen molar-refractivity contribution in [2.24, 2.45) is 5.73 Å². The number of aryl methyl sites for hydroxylation is 2. The summed E-state index contributed by atoms with van der Waals surface area (Å²) in [6, 6.07) is 4.44. The smallest absolute Gasteiger partial charge is 0.269 e. The minimum absolute atomic E-state index is 0.00548. The molecule has 0 bridgehead atoms. The molecule has 1 aromatic carbocycles. The van der Waals surface area contributed by atoms with Gasteiger partial charge in [-0.2, -0.15) is 10.1 Å². The Bertz CT molecular complexity index is 1560. The number of carbonyl (C=O) groups excluding carboxylic acids is 1. The maximum atomic E-state index is 15.0. The fourth-order valence-electron chi connectivity index (χ4n) is 3.98. The van der Waals surface area contributed by atoms with Crippen molar-refractivity contribution in [1.29, 1.82) is 0 Å². The largest absolute Gasteiger partial charge is 0.491 e. The van der Waals surface area contributed by atoms with Gasteiger partial charge in [-0.05, 0) is 25.5 Å². The first-order valence-corrected chi connectivity index (χ1v) is 11.2. The summed E-state index contributed by atoms with van der Waals surface area (Å²) in [5.41, 5.74) is 6.05. The lowest BCUT2D eigenvalue weighted by Crippen LogP contribution is -2.24. The summed E-state index contributed by atoms with van der Waals surface area (Å²) in [5, 5.41) is 21.8. The minimum atomic E-state index is -1.74. The Morgan fingerprint density at radius 1 is 1.33 bits per heavy atom. The quantitative estimate of drug-likeness (QED) is 0.367. The monoisotopic (exact) mass is 491 g/mol. The molecule has 4 N–H and O–H groups in total. The van der Waals surface area contributed by atoms with Gasteiger partial charge in [-0.3, -0.25) is 9.89 Å². The number of imidazole rings is 1. The summed E-state index contributed by atoms with van der Waals surface area (Å²) >= 11 is 0. The number of amides is 1. The van der Waals surface area contributed by atoms with E-state index >= 15 is 4.39 Å². The Kier molecular flexibility index (Phi) is 5.57. The molecule has 0 spiro atoms. The number of hydrogen-bond acceptors (Lipinski definition) is 8. The SMILES string of the molecule is CC[C@@](O)(C#Cc1cc2c(cc1F)OCCn1c-2nc(C(N)=O)c1-c1cc(C)[nH]n1)c1noc(C)n1. The van der Waals surface area contributed by atoms with E-state index in [1.165, 1.54) is 12.1 Å². The molecule has 1 amide bonds. The number of aromatic amines is 1. The molecule has 12 heteroatoms. The Morgan fingerprint density at radius 3 is 2.78 bits per heavy atom. The molecule has 36 heavy (non-hydrogen) atoms. The molecule has 0 saturated carbocycles. The predicted molar refractivity (Wildman–Crippen MR) is 124 cm³/mol. The van der Waals surface area contributed by atoms with E-state index in [9.17, 15) is 9.90 Å². The number of carbonyl (C=O) groups is 1. The summed E-state index contributed by atoms with van der Waals surface area (Å²) in [6.07, 6.45) is 0.146. The van der Waals surface area contributed by atoms with Crippen molar-refractivity contribution in [3.63, 3.8) is 0 Å². The zero-order valence-corrected chi connectivity index (χ0v) is 19.7. The van der Waals surface area contributed by atoms with Gasteiger partial charge in [0.05, 0.1) is 17.7 Å². The first-order valence-electron chi connectivity index (χ1n) is 11.2. The highest BCUT2D eigenvalue weighted by Crippen LogP contribution is 2.38. The number of H-pyrrole nitrogens is 1. The number of benzene rings is 1. The molecular formula is C24H22FN7O4. The van der Waals surface area contributed by atoms with Gasteiger partial charge in [-0.1, -0.05) is 23.9 Å². The second kappa shape index (κ2) is 8.62. The Labute approximate surface area is 204 Å². The number of aromatic nitrogens is 6. The first-order chi connectivity index (χ1) is 17.2. The van der Waals surface area contributed by atoms with Crippen molar-refractivity contribution in [3.8, 4) is 40.4 Å². The van der Waals surface area contributed by atoms with E-state index in [4.69, 9.17) is 15.0 Å². The number of primary amides is 1. The summed E-state index contributed by atoms with van der Waals surface area (Å²) in [7, 11) is 0. The van der Waals surface area contributed by atoms with Crippen molar-refractivity contribution >= 4 is 5.91 Å². The average Bonchev–Trinajstić information content (AvgIpc) is 3.54. The van der Waals surface area contributed by atoms with E-state index in [1.807, 2.05) is 6.92 Å². The third-order valence-electron chi connectivity index (χ3n) is 5.85. The van der Waals surface area contributed by atoms with E-state index in [2.05, 4.69) is 37.2 Å². The summed E-state index contributed by atoms with van der Waals surface area (Å²) in [6.45, 7) is 5.64. The van der Waals surface area contributed by atoms with E-state index < -0.39 is 17.3 Å². The van der Waals surface area contributed by atoms with Gasteiger partial charge in [0.15, 0.2) is 11.3 Å². The molecule has 5 rings (SSSR count). The lowest BCUT2D eigenvalue weighted by molar-refractivity contribution is 0.0833. The number of ether oxygens (including phenoxy) is 1. The molecule has 3 aromatic heterocycles. The third kappa shape index (κ3) is 3.89. The zero-order chi connectivity index (χ0) is 25.6. The van der Waals surface area contributed by atoms with Gasteiger partial charge >= 0.3 is 0 Å². The molecule has 1 aliphatic rings. The van der Waals surface area contributed by atoms with Gasteiger partial charge in [0, 0.05) is 18.7 Å². The molecule has 0 saturated heterocycles. The van der Waals surface area contributed by atoms with Crippen LogP contribution >= 0.6 is 0 Å². The predicted octanol–water partition coefficient (Wildman–Crippen LogP) is 2.22. The van der Waals surface area contributed by atoms with Crippen molar-refractivity contribution in [2.45, 2.75) is 39.3 Å². The number of nitrogens with two attached hydrogens (primary N) is 1. The molecule has 0 aliphatic carbocycles. The maximum Gasteiger partial charge on any atom is 0.269 e. The van der Waals surface area contributed by atoms with Crippen LogP contribution in [0, 0.1) is 31.5 Å². The van der Waals surface area contributed by atoms with Gasteiger partial charge in [-0.25, -0.2) is 9.37 Å². The lowest BCUT2D eigenvalue weighted by Gasteiger charge is -2.15. The van der Waals surface area contributed by atoms with Crippen LogP contribution in [-0.2, 0) is 12.1 Å². The maximum absolute atomic E-state index is 15.0. The second-order valence-electron chi connectivity index (χ2n) is 8.36. The van der Waals surface area contributed by atoms with E-state index in [0.29, 0.717) is 29.3 Å². The van der Waals surface area contributed by atoms with E-state index in [0.717, 1.165) is 5.69 Å². The topological polar surface area (TPSA) is 158 Å². The number of aliphatic hydroxyl groups is 1. The summed E-state index contributed by atoms with van der Waals surface area (Å²) < 4.78 is 27.5. The van der Waals surface area contributed by atoms with Gasteiger partial charge < -0.3 is 24.7 Å². The standard InChI is InChI=1S/C24H22FN7O4/c1-4-24(34,23-27-13(3)36-31-23)6-5-14-10-15-18(11-16(14)25)35-8-7-32-20(17-9-12(2)29-30-17)19(21(26)33)28-22(15)32/h9-11,34H,4,7-8H2,1-3H3,(H2,26,33)(H,29,30)/t24-/m1/s1. The molecule has 0 unspecified atom stereocenters. The Balaban J connectivity index is 1.66. The van der Waals surface area contributed by atoms with Gasteiger partial charge in [0.2, 0.25) is 11.7 Å². The molecule has 4 aromatic rings. The highest BCUT2D eigenvalue weighted by molar-refractivity contribution is 5.98. The van der Waals surface area contributed by atoms with Gasteiger partial charge in [0.25, 0.3) is 5.91 Å². The normalized spacial score (nSPS) is 14.0. The number of nitrogens with one attached hydrogen (secondary N) is 1. The van der Waals surface area contributed by atoms with Crippen LogP contribution in [0.3, 0.4) is 0 Å². The zero-order valence-electron chi connectivity index (χ0n) is 19.7. The van der Waals surface area contributed by atoms with Crippen molar-refractivity contribution in [3.05, 3.63) is 52.7 Å². The molecule has 1 atom stereocenters. The highest BCUT2D eigenvalue weighted by atomic mass is 19.1. The molecule has 4 heterocycles. The number of rotatable bonds is 4. The van der Waals surface area contributed by atoms with Gasteiger partial charge in [-0.15, -0.1) is 0 Å². The number of nitrogens with zero attached hydrogens (tertiary/aromatic N) is 5. The van der Waals surface area contributed by atoms with Crippen LogP contribution in [0.5, 0.6) is 5.75 Å². The summed E-state index contributed by atoms with van der Waals surface area (Å²) in [4.78, 5) is 20.8. The number of halogens is 1. The third-order valence-corrected chi connectivity index (χ3v) is 5.85. The molecule has 184 valence electrons. The molecule has 0 radical (unpaired) electrons. The fraction of sp³-hybridized carbons (Fsp3) is 0.292. The number of fused-ring (bicyclic) bond motifs is 3. The number of hydrogen-bond donors (Lipinski definition) is 3. The Hall–Kier alpha value is -4.50. The van der Waals surface area contributed by atoms with Crippen LogP contribution in [0.4, 0.5) is 4.39 Å². The van der Waals surface area contributed by atoms with Crippen molar-refractivity contribution in [1.82, 2.24) is 29.9 Å². The second-order valence-corrected chi connectivity index (χ2v) is 8.36. The van der Waals surface area contributed by atoms with E-state index in [-0.39, 0.29) is 41.7 Å². The van der Waals surface area contributed by atoms with Crippen LogP contribution in [0.25, 0.3) is 22.8 Å². The van der Waals surface area contributed by atoms with E-state index in [1.54, 1.807) is 24.5 Å². The van der Waals surface area contributed by atoms with Crippen LogP contribution in [-0.4, -0.2) is 47.5 Å². The van der Waals surface area contributed by atoms with Crippen LogP contribution < -0.4 is 10.5 Å². The van der Waals surface area contributed by atoms with Crippen LogP contribution in [0.15, 0.2) is 22.7 Å². The fourth-order valence-corrected chi connectivity index (χ4v) is 3.98. The summed E-state index contributed by atoms with van der Waals surface area (Å²) in [5.74, 6) is 4.85. The van der Waals surface area contributed by atoms with Crippen LogP contribution in [0.2, 0.25) is 0 Å². The molecular weight excluding hydrogens is 469 g/mol. The first kappa shape index (κ1) is 23.3. The average molecular weight is 491 g/mol. The lowest BCUT2D eigenvalue weighted by atomic mass is 9.99. The van der Waals surface area contributed by atoms with Crippen molar-refractivity contribution in [2.75, 3.05) is 6.61 Å². The molecule has 11 nitrogen and oxygen atoms in total. The Morgan fingerprint density at radius 2 is 2.14 bits per heavy atom. The molecule has 1 aliphatic heterocycles.